The van der Waals surface area contributed by atoms with Crippen molar-refractivity contribution in [2.24, 2.45) is 0 Å². The second kappa shape index (κ2) is 5.48. The van der Waals surface area contributed by atoms with Gasteiger partial charge in [-0.3, -0.25) is 9.59 Å². The van der Waals surface area contributed by atoms with E-state index in [0.717, 1.165) is 5.56 Å². The first-order valence-electron chi connectivity index (χ1n) is 7.26. The Labute approximate surface area is 129 Å². The average Bonchev–Trinajstić information content (AvgIpc) is 2.92. The number of amides is 2. The molecule has 1 aromatic rings. The van der Waals surface area contributed by atoms with Crippen LogP contribution >= 0.6 is 0 Å². The van der Waals surface area contributed by atoms with Crippen molar-refractivity contribution in [3.05, 3.63) is 29.8 Å². The van der Waals surface area contributed by atoms with Gasteiger partial charge in [-0.2, -0.15) is 0 Å². The van der Waals surface area contributed by atoms with Gasteiger partial charge in [0.25, 0.3) is 5.91 Å². The molecule has 7 heteroatoms. The molecule has 1 N–H and O–H groups in total. The number of benzene rings is 1. The minimum atomic E-state index is -3.01. The molecule has 0 aromatic heterocycles. The molecule has 2 saturated heterocycles. The van der Waals surface area contributed by atoms with E-state index >= 15 is 0 Å². The molecule has 2 atom stereocenters. The van der Waals surface area contributed by atoms with Gasteiger partial charge in [-0.15, -0.1) is 0 Å². The molecule has 3 rings (SSSR count). The van der Waals surface area contributed by atoms with Gasteiger partial charge in [0.05, 0.1) is 29.7 Å². The van der Waals surface area contributed by atoms with E-state index in [-0.39, 0.29) is 35.8 Å². The van der Waals surface area contributed by atoms with Crippen LogP contribution in [0.2, 0.25) is 0 Å². The number of sulfone groups is 1. The number of nitrogens with zero attached hydrogens (tertiary/aromatic N) is 1. The normalized spacial score (nSPS) is 27.6. The highest BCUT2D eigenvalue weighted by Crippen LogP contribution is 2.24. The lowest BCUT2D eigenvalue weighted by Crippen LogP contribution is -2.44. The largest absolute Gasteiger partial charge is 0.302 e. The third-order valence-corrected chi connectivity index (χ3v) is 5.88. The number of rotatable bonds is 3. The summed E-state index contributed by atoms with van der Waals surface area (Å²) in [6.45, 7) is 1.93. The lowest BCUT2D eigenvalue weighted by Gasteiger charge is -2.18. The predicted molar refractivity (Wildman–Crippen MR) is 82.3 cm³/mol. The summed E-state index contributed by atoms with van der Waals surface area (Å²) in [5.74, 6) is -0.387. The standard InChI is InChI=1S/C15H18N2O4S/c1-10-2-4-12(5-3-10)17-14(18)8-13(15(17)19)16-11-6-7-22(20,21)9-11/h2-5,11,13,16H,6-9H2,1H3/t11-,13-/m0/s1. The van der Waals surface area contributed by atoms with Crippen molar-refractivity contribution >= 4 is 27.3 Å². The SMILES string of the molecule is Cc1ccc(N2C(=O)C[C@H](N[C@H]3CCS(=O)(=O)C3)C2=O)cc1. The zero-order chi connectivity index (χ0) is 15.9. The molecule has 2 aliphatic heterocycles. The van der Waals surface area contributed by atoms with Gasteiger partial charge in [0.15, 0.2) is 9.84 Å². The van der Waals surface area contributed by atoms with Crippen LogP contribution in [0, 0.1) is 6.92 Å². The van der Waals surface area contributed by atoms with E-state index in [9.17, 15) is 18.0 Å². The third-order valence-electron chi connectivity index (χ3n) is 4.11. The van der Waals surface area contributed by atoms with Crippen LogP contribution in [-0.2, 0) is 19.4 Å². The van der Waals surface area contributed by atoms with Gasteiger partial charge in [0, 0.05) is 6.04 Å². The first-order chi connectivity index (χ1) is 10.4. The zero-order valence-corrected chi connectivity index (χ0v) is 13.1. The van der Waals surface area contributed by atoms with Gasteiger partial charge in [0.1, 0.15) is 0 Å². The number of imide groups is 1. The number of aryl methyl sites for hydroxylation is 1. The van der Waals surface area contributed by atoms with Crippen LogP contribution in [0.3, 0.4) is 0 Å². The van der Waals surface area contributed by atoms with Crippen molar-refractivity contribution in [3.8, 4) is 0 Å². The van der Waals surface area contributed by atoms with Gasteiger partial charge in [0.2, 0.25) is 5.91 Å². The van der Waals surface area contributed by atoms with E-state index in [1.54, 1.807) is 12.1 Å². The summed E-state index contributed by atoms with van der Waals surface area (Å²) in [5, 5.41) is 3.03. The molecule has 0 bridgehead atoms. The van der Waals surface area contributed by atoms with E-state index in [0.29, 0.717) is 12.1 Å². The zero-order valence-electron chi connectivity index (χ0n) is 12.3. The summed E-state index contributed by atoms with van der Waals surface area (Å²) in [6.07, 6.45) is 0.564. The highest BCUT2D eigenvalue weighted by molar-refractivity contribution is 7.91. The number of hydrogen-bond acceptors (Lipinski definition) is 5. The summed E-state index contributed by atoms with van der Waals surface area (Å²) in [6, 6.07) is 6.30. The van der Waals surface area contributed by atoms with Crippen LogP contribution in [0.5, 0.6) is 0 Å². The van der Waals surface area contributed by atoms with Crippen LogP contribution in [0.25, 0.3) is 0 Å². The van der Waals surface area contributed by atoms with Gasteiger partial charge in [-0.25, -0.2) is 13.3 Å². The minimum absolute atomic E-state index is 0.0372. The van der Waals surface area contributed by atoms with Gasteiger partial charge in [-0.1, -0.05) is 17.7 Å². The van der Waals surface area contributed by atoms with Crippen LogP contribution < -0.4 is 10.2 Å². The molecule has 118 valence electrons. The maximum absolute atomic E-state index is 12.4. The molecule has 2 aliphatic rings. The Kier molecular flexibility index (Phi) is 3.78. The highest BCUT2D eigenvalue weighted by atomic mass is 32.2. The monoisotopic (exact) mass is 322 g/mol. The molecular formula is C15H18N2O4S. The molecule has 2 amide bonds. The summed E-state index contributed by atoms with van der Waals surface area (Å²) in [5.41, 5.74) is 1.61. The Hall–Kier alpha value is -1.73. The fourth-order valence-electron chi connectivity index (χ4n) is 2.94. The predicted octanol–water partition coefficient (Wildman–Crippen LogP) is 0.404. The molecule has 0 saturated carbocycles. The maximum atomic E-state index is 12.4. The van der Waals surface area contributed by atoms with Crippen molar-refractivity contribution in [2.45, 2.75) is 31.8 Å². The second-order valence-corrected chi connectivity index (χ2v) is 8.15. The lowest BCUT2D eigenvalue weighted by atomic mass is 10.2. The van der Waals surface area contributed by atoms with Crippen LogP contribution in [0.1, 0.15) is 18.4 Å². The molecule has 0 aliphatic carbocycles. The minimum Gasteiger partial charge on any atom is -0.302 e. The van der Waals surface area contributed by atoms with Crippen LogP contribution in [-0.4, -0.2) is 43.8 Å². The second-order valence-electron chi connectivity index (χ2n) is 5.93. The van der Waals surface area contributed by atoms with E-state index in [1.807, 2.05) is 19.1 Å². The number of hydrogen-bond donors (Lipinski definition) is 1. The van der Waals surface area contributed by atoms with E-state index in [2.05, 4.69) is 5.32 Å². The molecule has 0 spiro atoms. The maximum Gasteiger partial charge on any atom is 0.251 e. The Morgan fingerprint density at radius 3 is 2.45 bits per heavy atom. The van der Waals surface area contributed by atoms with E-state index in [4.69, 9.17) is 0 Å². The van der Waals surface area contributed by atoms with Crippen molar-refractivity contribution in [3.63, 3.8) is 0 Å². The molecule has 2 heterocycles. The van der Waals surface area contributed by atoms with Crippen LogP contribution in [0.15, 0.2) is 24.3 Å². The first-order valence-corrected chi connectivity index (χ1v) is 9.08. The number of carbonyl (C=O) groups excluding carboxylic acids is 2. The molecule has 6 nitrogen and oxygen atoms in total. The first kappa shape index (κ1) is 15.2. The third kappa shape index (κ3) is 2.91. The fraction of sp³-hybridized carbons (Fsp3) is 0.467. The van der Waals surface area contributed by atoms with Gasteiger partial charge >= 0.3 is 0 Å². The Balaban J connectivity index is 1.73. The lowest BCUT2D eigenvalue weighted by molar-refractivity contribution is -0.121. The topological polar surface area (TPSA) is 83.6 Å². The number of carbonyl (C=O) groups is 2. The summed E-state index contributed by atoms with van der Waals surface area (Å²) in [7, 11) is -3.01. The number of anilines is 1. The smallest absolute Gasteiger partial charge is 0.251 e. The molecule has 0 radical (unpaired) electrons. The molecule has 1 aromatic carbocycles. The molecule has 22 heavy (non-hydrogen) atoms. The van der Waals surface area contributed by atoms with Gasteiger partial charge < -0.3 is 5.32 Å². The van der Waals surface area contributed by atoms with Crippen molar-refractivity contribution in [1.82, 2.24) is 5.32 Å². The molecule has 2 fully saturated rings. The summed E-state index contributed by atoms with van der Waals surface area (Å²) >= 11 is 0. The molecular weight excluding hydrogens is 304 g/mol. The molecule has 0 unspecified atom stereocenters. The Morgan fingerprint density at radius 1 is 1.18 bits per heavy atom. The van der Waals surface area contributed by atoms with Crippen LogP contribution in [0.4, 0.5) is 5.69 Å². The van der Waals surface area contributed by atoms with Crippen molar-refractivity contribution in [2.75, 3.05) is 16.4 Å². The highest BCUT2D eigenvalue weighted by Gasteiger charge is 2.41. The summed E-state index contributed by atoms with van der Waals surface area (Å²) in [4.78, 5) is 25.8. The Morgan fingerprint density at radius 2 is 1.86 bits per heavy atom. The average molecular weight is 322 g/mol. The van der Waals surface area contributed by atoms with Crippen molar-refractivity contribution in [1.29, 1.82) is 0 Å². The fourth-order valence-corrected chi connectivity index (χ4v) is 4.62. The number of nitrogens with one attached hydrogen (secondary N) is 1. The van der Waals surface area contributed by atoms with E-state index < -0.39 is 15.9 Å². The van der Waals surface area contributed by atoms with Gasteiger partial charge in [-0.05, 0) is 25.5 Å². The van der Waals surface area contributed by atoms with E-state index in [1.165, 1.54) is 4.90 Å². The van der Waals surface area contributed by atoms with Crippen molar-refractivity contribution < 1.29 is 18.0 Å². The summed E-state index contributed by atoms with van der Waals surface area (Å²) < 4.78 is 23.0. The Bertz CT molecular complexity index is 712. The quantitative estimate of drug-likeness (QED) is 0.815.